The molecule has 0 N–H and O–H groups in total. The van der Waals surface area contributed by atoms with Gasteiger partial charge in [-0.05, 0) is 30.5 Å². The third-order valence-corrected chi connectivity index (χ3v) is 3.47. The minimum atomic E-state index is -0.319. The molecule has 114 valence electrons. The SMILES string of the molecule is COCc1nn(CC(C)C)c2c(C)c(C(=O)OC)ccc12. The van der Waals surface area contributed by atoms with E-state index in [2.05, 4.69) is 18.9 Å². The normalized spacial score (nSPS) is 11.3. The zero-order chi connectivity index (χ0) is 15.6. The van der Waals surface area contributed by atoms with Gasteiger partial charge in [-0.25, -0.2) is 4.79 Å². The van der Waals surface area contributed by atoms with Gasteiger partial charge in [0.2, 0.25) is 0 Å². The lowest BCUT2D eigenvalue weighted by Crippen LogP contribution is -2.09. The van der Waals surface area contributed by atoms with Crippen molar-refractivity contribution in [1.82, 2.24) is 9.78 Å². The van der Waals surface area contributed by atoms with Crippen molar-refractivity contribution in [3.8, 4) is 0 Å². The predicted octanol–water partition coefficient (Wildman–Crippen LogP) is 2.93. The molecule has 0 spiro atoms. The fourth-order valence-electron chi connectivity index (χ4n) is 2.57. The maximum atomic E-state index is 11.9. The summed E-state index contributed by atoms with van der Waals surface area (Å²) in [5, 5.41) is 5.68. The second-order valence-corrected chi connectivity index (χ2v) is 5.58. The van der Waals surface area contributed by atoms with E-state index in [0.29, 0.717) is 18.1 Å². The molecule has 1 aromatic heterocycles. The Hall–Kier alpha value is -1.88. The first-order chi connectivity index (χ1) is 9.99. The summed E-state index contributed by atoms with van der Waals surface area (Å²) in [6.45, 7) is 7.47. The number of carbonyl (C=O) groups excluding carboxylic acids is 1. The van der Waals surface area contributed by atoms with E-state index in [-0.39, 0.29) is 5.97 Å². The van der Waals surface area contributed by atoms with Gasteiger partial charge in [-0.1, -0.05) is 13.8 Å². The zero-order valence-corrected chi connectivity index (χ0v) is 13.3. The van der Waals surface area contributed by atoms with E-state index in [1.54, 1.807) is 13.2 Å². The van der Waals surface area contributed by atoms with Crippen LogP contribution in [0.3, 0.4) is 0 Å². The summed E-state index contributed by atoms with van der Waals surface area (Å²) in [5.41, 5.74) is 3.36. The summed E-state index contributed by atoms with van der Waals surface area (Å²) in [6, 6.07) is 3.72. The number of hydrogen-bond acceptors (Lipinski definition) is 4. The van der Waals surface area contributed by atoms with Crippen LogP contribution in [0.2, 0.25) is 0 Å². The van der Waals surface area contributed by atoms with Crippen molar-refractivity contribution >= 4 is 16.9 Å². The van der Waals surface area contributed by atoms with Crippen LogP contribution in [0.5, 0.6) is 0 Å². The fourth-order valence-corrected chi connectivity index (χ4v) is 2.57. The van der Waals surface area contributed by atoms with Crippen LogP contribution < -0.4 is 0 Å². The molecule has 2 rings (SSSR count). The van der Waals surface area contributed by atoms with Gasteiger partial charge in [0.05, 0.1) is 30.5 Å². The molecular formula is C16H22N2O3. The van der Waals surface area contributed by atoms with Gasteiger partial charge in [0, 0.05) is 19.0 Å². The lowest BCUT2D eigenvalue weighted by Gasteiger charge is -2.10. The predicted molar refractivity (Wildman–Crippen MR) is 81.4 cm³/mol. The van der Waals surface area contributed by atoms with Crippen LogP contribution in [0.4, 0.5) is 0 Å². The number of carbonyl (C=O) groups is 1. The number of benzene rings is 1. The Morgan fingerprint density at radius 3 is 2.62 bits per heavy atom. The van der Waals surface area contributed by atoms with Gasteiger partial charge in [-0.3, -0.25) is 4.68 Å². The second kappa shape index (κ2) is 6.26. The number of ether oxygens (including phenoxy) is 2. The average molecular weight is 290 g/mol. The first-order valence-electron chi connectivity index (χ1n) is 7.05. The van der Waals surface area contributed by atoms with Crippen LogP contribution in [0, 0.1) is 12.8 Å². The fraction of sp³-hybridized carbons (Fsp3) is 0.500. The maximum absolute atomic E-state index is 11.9. The molecule has 2 aromatic rings. The number of fused-ring (bicyclic) bond motifs is 1. The number of aryl methyl sites for hydroxylation is 1. The van der Waals surface area contributed by atoms with E-state index in [1.165, 1.54) is 7.11 Å². The minimum absolute atomic E-state index is 0.319. The largest absolute Gasteiger partial charge is 0.465 e. The smallest absolute Gasteiger partial charge is 0.338 e. The summed E-state index contributed by atoms with van der Waals surface area (Å²) >= 11 is 0. The van der Waals surface area contributed by atoms with Crippen LogP contribution in [0.1, 0.15) is 35.5 Å². The van der Waals surface area contributed by atoms with Gasteiger partial charge in [0.1, 0.15) is 0 Å². The highest BCUT2D eigenvalue weighted by Crippen LogP contribution is 2.26. The molecule has 0 radical (unpaired) electrons. The number of aromatic nitrogens is 2. The molecule has 0 saturated carbocycles. The van der Waals surface area contributed by atoms with Gasteiger partial charge in [0.15, 0.2) is 0 Å². The molecule has 0 atom stereocenters. The van der Waals surface area contributed by atoms with Crippen molar-refractivity contribution < 1.29 is 14.3 Å². The number of nitrogens with zero attached hydrogens (tertiary/aromatic N) is 2. The average Bonchev–Trinajstić information content (AvgIpc) is 2.77. The Labute approximate surface area is 124 Å². The molecule has 0 saturated heterocycles. The van der Waals surface area contributed by atoms with Gasteiger partial charge in [-0.2, -0.15) is 5.10 Å². The van der Waals surface area contributed by atoms with Crippen molar-refractivity contribution in [3.63, 3.8) is 0 Å². The van der Waals surface area contributed by atoms with Gasteiger partial charge in [-0.15, -0.1) is 0 Å². The summed E-state index contributed by atoms with van der Waals surface area (Å²) < 4.78 is 12.0. The summed E-state index contributed by atoms with van der Waals surface area (Å²) in [5.74, 6) is 0.143. The van der Waals surface area contributed by atoms with Crippen molar-refractivity contribution in [1.29, 1.82) is 0 Å². The highest BCUT2D eigenvalue weighted by molar-refractivity contribution is 5.98. The van der Waals surface area contributed by atoms with E-state index in [1.807, 2.05) is 17.7 Å². The molecule has 21 heavy (non-hydrogen) atoms. The molecule has 5 heteroatoms. The Kier molecular flexibility index (Phi) is 4.63. The first kappa shape index (κ1) is 15.5. The quantitative estimate of drug-likeness (QED) is 0.794. The van der Waals surface area contributed by atoms with Crippen molar-refractivity contribution in [3.05, 3.63) is 29.0 Å². The lowest BCUT2D eigenvalue weighted by molar-refractivity contribution is 0.0600. The van der Waals surface area contributed by atoms with Gasteiger partial charge < -0.3 is 9.47 Å². The monoisotopic (exact) mass is 290 g/mol. The Morgan fingerprint density at radius 2 is 2.05 bits per heavy atom. The summed E-state index contributed by atoms with van der Waals surface area (Å²) in [6.07, 6.45) is 0. The molecule has 0 fully saturated rings. The number of esters is 1. The van der Waals surface area contributed by atoms with Crippen molar-refractivity contribution in [2.45, 2.75) is 33.9 Å². The molecule has 1 heterocycles. The second-order valence-electron chi connectivity index (χ2n) is 5.58. The maximum Gasteiger partial charge on any atom is 0.338 e. The number of rotatable bonds is 5. The Balaban J connectivity index is 2.67. The summed E-state index contributed by atoms with van der Waals surface area (Å²) in [7, 11) is 3.05. The highest BCUT2D eigenvalue weighted by atomic mass is 16.5. The molecular weight excluding hydrogens is 268 g/mol. The molecule has 0 bridgehead atoms. The molecule has 0 unspecified atom stereocenters. The third kappa shape index (κ3) is 2.93. The van der Waals surface area contributed by atoms with Crippen molar-refractivity contribution in [2.24, 2.45) is 5.92 Å². The first-order valence-corrected chi connectivity index (χ1v) is 7.05. The van der Waals surface area contributed by atoms with Gasteiger partial charge >= 0.3 is 5.97 Å². The van der Waals surface area contributed by atoms with E-state index in [4.69, 9.17) is 9.47 Å². The number of hydrogen-bond donors (Lipinski definition) is 0. The lowest BCUT2D eigenvalue weighted by atomic mass is 10.0. The zero-order valence-electron chi connectivity index (χ0n) is 13.3. The van der Waals surface area contributed by atoms with Crippen LogP contribution >= 0.6 is 0 Å². The standard InChI is InChI=1S/C16H22N2O3/c1-10(2)8-18-15-11(3)12(16(19)21-5)6-7-13(15)14(17-18)9-20-4/h6-7,10H,8-9H2,1-5H3. The van der Waals surface area contributed by atoms with Crippen LogP contribution in [0.25, 0.3) is 10.9 Å². The van der Waals surface area contributed by atoms with Crippen LogP contribution in [-0.4, -0.2) is 30.0 Å². The topological polar surface area (TPSA) is 53.4 Å². The Morgan fingerprint density at radius 1 is 1.33 bits per heavy atom. The van der Waals surface area contributed by atoms with E-state index in [0.717, 1.165) is 28.7 Å². The highest BCUT2D eigenvalue weighted by Gasteiger charge is 2.18. The molecule has 5 nitrogen and oxygen atoms in total. The minimum Gasteiger partial charge on any atom is -0.465 e. The molecule has 0 aliphatic carbocycles. The van der Waals surface area contributed by atoms with Gasteiger partial charge in [0.25, 0.3) is 0 Å². The van der Waals surface area contributed by atoms with E-state index in [9.17, 15) is 4.79 Å². The number of methoxy groups -OCH3 is 2. The molecule has 0 aliphatic rings. The van der Waals surface area contributed by atoms with Crippen LogP contribution in [0.15, 0.2) is 12.1 Å². The third-order valence-electron chi connectivity index (χ3n) is 3.47. The van der Waals surface area contributed by atoms with E-state index < -0.39 is 0 Å². The molecule has 1 aromatic carbocycles. The Bertz CT molecular complexity index is 659. The molecule has 0 aliphatic heterocycles. The molecule has 0 amide bonds. The van der Waals surface area contributed by atoms with Crippen LogP contribution in [-0.2, 0) is 22.6 Å². The van der Waals surface area contributed by atoms with E-state index >= 15 is 0 Å². The van der Waals surface area contributed by atoms with Crippen molar-refractivity contribution in [2.75, 3.05) is 14.2 Å². The summed E-state index contributed by atoms with van der Waals surface area (Å²) in [4.78, 5) is 11.9.